The summed E-state index contributed by atoms with van der Waals surface area (Å²) in [5, 5.41) is 10.3. The number of carbonyl (C=O) groups is 1. The molecule has 6 heteroatoms. The molecule has 0 saturated carbocycles. The van der Waals surface area contributed by atoms with Gasteiger partial charge in [0.05, 0.1) is 0 Å². The van der Waals surface area contributed by atoms with E-state index in [-0.39, 0.29) is 5.91 Å². The fourth-order valence-electron chi connectivity index (χ4n) is 1.18. The highest BCUT2D eigenvalue weighted by atomic mass is 16.1. The molecule has 16 heavy (non-hydrogen) atoms. The summed E-state index contributed by atoms with van der Waals surface area (Å²) in [7, 11) is 0. The van der Waals surface area contributed by atoms with Crippen molar-refractivity contribution in [3.63, 3.8) is 0 Å². The lowest BCUT2D eigenvalue weighted by Crippen LogP contribution is -2.10. The van der Waals surface area contributed by atoms with Crippen molar-refractivity contribution in [3.05, 3.63) is 24.5 Å². The predicted molar refractivity (Wildman–Crippen MR) is 58.5 cm³/mol. The molecule has 0 saturated heterocycles. The largest absolute Gasteiger partial charge is 0.307 e. The summed E-state index contributed by atoms with van der Waals surface area (Å²) >= 11 is 0. The van der Waals surface area contributed by atoms with Gasteiger partial charge in [-0.1, -0.05) is 6.92 Å². The van der Waals surface area contributed by atoms with E-state index in [1.54, 1.807) is 19.3 Å². The summed E-state index contributed by atoms with van der Waals surface area (Å²) in [6.07, 6.45) is 3.75. The third kappa shape index (κ3) is 2.22. The average Bonchev–Trinajstić information content (AvgIpc) is 2.78. The van der Waals surface area contributed by atoms with Gasteiger partial charge in [-0.05, 0) is 12.1 Å². The minimum absolute atomic E-state index is 0.0996. The van der Waals surface area contributed by atoms with E-state index in [9.17, 15) is 4.79 Å². The van der Waals surface area contributed by atoms with E-state index in [0.29, 0.717) is 18.2 Å². The van der Waals surface area contributed by atoms with Gasteiger partial charge in [0.2, 0.25) is 11.9 Å². The first kappa shape index (κ1) is 10.3. The first-order valence-corrected chi connectivity index (χ1v) is 4.92. The van der Waals surface area contributed by atoms with Gasteiger partial charge in [-0.15, -0.1) is 10.2 Å². The highest BCUT2D eigenvalue weighted by molar-refractivity contribution is 5.88. The SMILES string of the molecule is CCC(=O)Nc1nnc(-c2ccncc2)[nH]1. The number of H-pyrrole nitrogens is 1. The molecular formula is C10H11N5O. The van der Waals surface area contributed by atoms with Crippen LogP contribution in [0.5, 0.6) is 0 Å². The highest BCUT2D eigenvalue weighted by Crippen LogP contribution is 2.13. The Morgan fingerprint density at radius 2 is 2.12 bits per heavy atom. The molecule has 2 heterocycles. The van der Waals surface area contributed by atoms with Crippen LogP contribution >= 0.6 is 0 Å². The Morgan fingerprint density at radius 3 is 2.81 bits per heavy atom. The molecule has 0 bridgehead atoms. The molecule has 0 spiro atoms. The van der Waals surface area contributed by atoms with Crippen LogP contribution in [0.2, 0.25) is 0 Å². The van der Waals surface area contributed by atoms with Gasteiger partial charge in [-0.25, -0.2) is 0 Å². The zero-order chi connectivity index (χ0) is 11.4. The van der Waals surface area contributed by atoms with E-state index in [2.05, 4.69) is 25.5 Å². The maximum absolute atomic E-state index is 11.1. The van der Waals surface area contributed by atoms with E-state index in [1.807, 2.05) is 12.1 Å². The standard InChI is InChI=1S/C10H11N5O/c1-2-8(16)12-10-13-9(14-15-10)7-3-5-11-6-4-7/h3-6H,2H2,1H3,(H2,12,13,14,15,16). The van der Waals surface area contributed by atoms with Crippen LogP contribution in [0.25, 0.3) is 11.4 Å². The van der Waals surface area contributed by atoms with Crippen molar-refractivity contribution in [2.24, 2.45) is 0 Å². The summed E-state index contributed by atoms with van der Waals surface area (Å²) in [5.74, 6) is 0.866. The van der Waals surface area contributed by atoms with E-state index in [0.717, 1.165) is 5.56 Å². The van der Waals surface area contributed by atoms with Crippen molar-refractivity contribution < 1.29 is 4.79 Å². The molecule has 82 valence electrons. The van der Waals surface area contributed by atoms with Crippen molar-refractivity contribution in [1.29, 1.82) is 0 Å². The minimum Gasteiger partial charge on any atom is -0.307 e. The highest BCUT2D eigenvalue weighted by Gasteiger charge is 2.06. The number of amides is 1. The maximum Gasteiger partial charge on any atom is 0.228 e. The lowest BCUT2D eigenvalue weighted by atomic mass is 10.3. The molecule has 2 aromatic rings. The zero-order valence-electron chi connectivity index (χ0n) is 8.77. The first-order chi connectivity index (χ1) is 7.79. The van der Waals surface area contributed by atoms with Gasteiger partial charge < -0.3 is 4.98 Å². The quantitative estimate of drug-likeness (QED) is 0.809. The third-order valence-electron chi connectivity index (χ3n) is 2.02. The van der Waals surface area contributed by atoms with Crippen molar-refractivity contribution in [2.45, 2.75) is 13.3 Å². The molecule has 0 aliphatic heterocycles. The Labute approximate surface area is 92.1 Å². The molecule has 2 rings (SSSR count). The van der Waals surface area contributed by atoms with Crippen LogP contribution in [0.3, 0.4) is 0 Å². The van der Waals surface area contributed by atoms with Crippen molar-refractivity contribution in [2.75, 3.05) is 5.32 Å². The number of hydrogen-bond donors (Lipinski definition) is 2. The summed E-state index contributed by atoms with van der Waals surface area (Å²) in [6.45, 7) is 1.77. The number of pyridine rings is 1. The number of nitrogens with one attached hydrogen (secondary N) is 2. The number of aromatic amines is 1. The maximum atomic E-state index is 11.1. The number of carbonyl (C=O) groups excluding carboxylic acids is 1. The van der Waals surface area contributed by atoms with Crippen LogP contribution in [0.1, 0.15) is 13.3 Å². The van der Waals surface area contributed by atoms with E-state index in [4.69, 9.17) is 0 Å². The van der Waals surface area contributed by atoms with Gasteiger partial charge in [-0.2, -0.15) is 0 Å². The molecule has 0 fully saturated rings. The second kappa shape index (κ2) is 4.52. The Kier molecular flexibility index (Phi) is 2.90. The summed E-state index contributed by atoms with van der Waals surface area (Å²) in [4.78, 5) is 17.9. The van der Waals surface area contributed by atoms with Crippen LogP contribution < -0.4 is 5.32 Å². The number of hydrogen-bond acceptors (Lipinski definition) is 4. The summed E-state index contributed by atoms with van der Waals surface area (Å²) in [6, 6.07) is 3.62. The van der Waals surface area contributed by atoms with Crippen molar-refractivity contribution in [1.82, 2.24) is 20.2 Å². The van der Waals surface area contributed by atoms with E-state index >= 15 is 0 Å². The van der Waals surface area contributed by atoms with Crippen LogP contribution in [-0.2, 0) is 4.79 Å². The molecule has 0 radical (unpaired) electrons. The van der Waals surface area contributed by atoms with Gasteiger partial charge in [-0.3, -0.25) is 15.1 Å². The van der Waals surface area contributed by atoms with Crippen LogP contribution in [0, 0.1) is 0 Å². The smallest absolute Gasteiger partial charge is 0.228 e. The molecule has 1 amide bonds. The number of anilines is 1. The lowest BCUT2D eigenvalue weighted by Gasteiger charge is -1.96. The first-order valence-electron chi connectivity index (χ1n) is 4.92. The Hall–Kier alpha value is -2.24. The molecule has 2 N–H and O–H groups in total. The third-order valence-corrected chi connectivity index (χ3v) is 2.02. The molecule has 2 aromatic heterocycles. The van der Waals surface area contributed by atoms with E-state index in [1.165, 1.54) is 0 Å². The normalized spacial score (nSPS) is 10.1. The van der Waals surface area contributed by atoms with Crippen molar-refractivity contribution >= 4 is 11.9 Å². The topological polar surface area (TPSA) is 83.6 Å². The predicted octanol–water partition coefficient (Wildman–Crippen LogP) is 1.22. The van der Waals surface area contributed by atoms with Gasteiger partial charge >= 0.3 is 0 Å². The molecule has 0 aliphatic rings. The molecule has 0 atom stereocenters. The van der Waals surface area contributed by atoms with Crippen LogP contribution in [0.4, 0.5) is 5.95 Å². The van der Waals surface area contributed by atoms with Gasteiger partial charge in [0.15, 0.2) is 5.82 Å². The number of nitrogens with zero attached hydrogens (tertiary/aromatic N) is 3. The molecule has 0 unspecified atom stereocenters. The number of rotatable bonds is 3. The fourth-order valence-corrected chi connectivity index (χ4v) is 1.18. The van der Waals surface area contributed by atoms with Crippen molar-refractivity contribution in [3.8, 4) is 11.4 Å². The van der Waals surface area contributed by atoms with Crippen LogP contribution in [-0.4, -0.2) is 26.1 Å². The average molecular weight is 217 g/mol. The summed E-state index contributed by atoms with van der Waals surface area (Å²) in [5.41, 5.74) is 0.875. The Morgan fingerprint density at radius 1 is 1.38 bits per heavy atom. The Bertz CT molecular complexity index is 479. The molecule has 0 aliphatic carbocycles. The Balaban J connectivity index is 2.17. The fraction of sp³-hybridized carbons (Fsp3) is 0.200. The van der Waals surface area contributed by atoms with Crippen LogP contribution in [0.15, 0.2) is 24.5 Å². The molecule has 6 nitrogen and oxygen atoms in total. The van der Waals surface area contributed by atoms with Gasteiger partial charge in [0.25, 0.3) is 0 Å². The molecule has 0 aromatic carbocycles. The summed E-state index contributed by atoms with van der Waals surface area (Å²) < 4.78 is 0. The van der Waals surface area contributed by atoms with Gasteiger partial charge in [0.1, 0.15) is 0 Å². The number of aromatic nitrogens is 4. The monoisotopic (exact) mass is 217 g/mol. The van der Waals surface area contributed by atoms with Gasteiger partial charge in [0, 0.05) is 24.4 Å². The van der Waals surface area contributed by atoms with E-state index < -0.39 is 0 Å². The minimum atomic E-state index is -0.0996. The zero-order valence-corrected chi connectivity index (χ0v) is 8.77. The second-order valence-electron chi connectivity index (χ2n) is 3.16. The molecular weight excluding hydrogens is 206 g/mol. The lowest BCUT2D eigenvalue weighted by molar-refractivity contribution is -0.115. The second-order valence-corrected chi connectivity index (χ2v) is 3.16.